The van der Waals surface area contributed by atoms with Gasteiger partial charge in [-0.05, 0) is 27.2 Å². The Balaban J connectivity index is 1.89. The van der Waals surface area contributed by atoms with Gasteiger partial charge in [0, 0.05) is 31.6 Å². The maximum atomic E-state index is 12.6. The normalized spacial score (nSPS) is 17.7. The molecule has 0 aromatic carbocycles. The first-order valence-electron chi connectivity index (χ1n) is 7.76. The van der Waals surface area contributed by atoms with Crippen molar-refractivity contribution in [2.45, 2.75) is 45.5 Å². The van der Waals surface area contributed by atoms with Gasteiger partial charge in [0.1, 0.15) is 10.6 Å². The number of thiazole rings is 1. The molecule has 2 heterocycles. The van der Waals surface area contributed by atoms with Gasteiger partial charge in [0.25, 0.3) is 0 Å². The zero-order valence-electron chi connectivity index (χ0n) is 14.0. The zero-order valence-corrected chi connectivity index (χ0v) is 14.8. The number of hydrogen-bond donors (Lipinski definition) is 0. The molecule has 1 saturated heterocycles. The van der Waals surface area contributed by atoms with Gasteiger partial charge < -0.3 is 9.64 Å². The predicted molar refractivity (Wildman–Crippen MR) is 84.8 cm³/mol. The van der Waals surface area contributed by atoms with E-state index >= 15 is 0 Å². The number of aromatic nitrogens is 1. The third kappa shape index (κ3) is 5.62. The lowest BCUT2D eigenvalue weighted by molar-refractivity contribution is -0.140. The predicted octanol–water partition coefficient (Wildman–Crippen LogP) is 3.60. The van der Waals surface area contributed by atoms with Crippen molar-refractivity contribution in [3.63, 3.8) is 0 Å². The van der Waals surface area contributed by atoms with Gasteiger partial charge in [0.2, 0.25) is 0 Å². The van der Waals surface area contributed by atoms with Crippen LogP contribution in [0.3, 0.4) is 0 Å². The van der Waals surface area contributed by atoms with Crippen molar-refractivity contribution in [2.24, 2.45) is 0 Å². The lowest BCUT2D eigenvalue weighted by Crippen LogP contribution is -2.39. The molecule has 0 saturated carbocycles. The summed E-state index contributed by atoms with van der Waals surface area (Å²) in [5.74, 6) is 0. The molecule has 0 spiro atoms. The molecule has 0 N–H and O–H groups in total. The number of ether oxygens (including phenoxy) is 1. The lowest BCUT2D eigenvalue weighted by atomic mass is 10.2. The molecular formula is C15H22F3N3O2S. The topological polar surface area (TPSA) is 45.7 Å². The lowest BCUT2D eigenvalue weighted by Gasteiger charge is -2.26. The molecule has 0 radical (unpaired) electrons. The molecule has 1 aliphatic heterocycles. The van der Waals surface area contributed by atoms with Crippen molar-refractivity contribution in [3.05, 3.63) is 16.1 Å². The maximum Gasteiger partial charge on any atom is 0.434 e. The minimum atomic E-state index is -4.40. The Labute approximate surface area is 143 Å². The number of rotatable bonds is 2. The van der Waals surface area contributed by atoms with E-state index in [-0.39, 0.29) is 6.09 Å². The monoisotopic (exact) mass is 365 g/mol. The molecule has 24 heavy (non-hydrogen) atoms. The summed E-state index contributed by atoms with van der Waals surface area (Å²) in [4.78, 5) is 19.4. The first kappa shape index (κ1) is 19.0. The quantitative estimate of drug-likeness (QED) is 0.803. The number of amides is 1. The van der Waals surface area contributed by atoms with Crippen LogP contribution in [0, 0.1) is 0 Å². The van der Waals surface area contributed by atoms with Crippen LogP contribution < -0.4 is 0 Å². The van der Waals surface area contributed by atoms with Crippen LogP contribution in [0.25, 0.3) is 0 Å². The SMILES string of the molecule is CC(C)(C)OC(=O)N1CCCN(Cc2nc(C(F)(F)F)cs2)CC1. The highest BCUT2D eigenvalue weighted by Gasteiger charge is 2.34. The highest BCUT2D eigenvalue weighted by molar-refractivity contribution is 7.09. The number of halogens is 3. The van der Waals surface area contributed by atoms with Gasteiger partial charge in [-0.15, -0.1) is 11.3 Å². The van der Waals surface area contributed by atoms with Crippen molar-refractivity contribution in [1.29, 1.82) is 0 Å². The minimum Gasteiger partial charge on any atom is -0.444 e. The van der Waals surface area contributed by atoms with Gasteiger partial charge in [-0.25, -0.2) is 9.78 Å². The van der Waals surface area contributed by atoms with Gasteiger partial charge in [-0.1, -0.05) is 0 Å². The summed E-state index contributed by atoms with van der Waals surface area (Å²) in [7, 11) is 0. The molecule has 0 bridgehead atoms. The second-order valence-corrected chi connectivity index (χ2v) is 7.66. The molecule has 1 fully saturated rings. The van der Waals surface area contributed by atoms with E-state index in [2.05, 4.69) is 4.98 Å². The summed E-state index contributed by atoms with van der Waals surface area (Å²) in [6, 6.07) is 0. The molecule has 136 valence electrons. The van der Waals surface area contributed by atoms with Crippen molar-refractivity contribution < 1.29 is 22.7 Å². The molecule has 1 amide bonds. The second-order valence-electron chi connectivity index (χ2n) is 6.72. The fourth-order valence-corrected chi connectivity index (χ4v) is 3.19. The average molecular weight is 365 g/mol. The van der Waals surface area contributed by atoms with Crippen LogP contribution in [0.4, 0.5) is 18.0 Å². The van der Waals surface area contributed by atoms with E-state index in [0.717, 1.165) is 23.1 Å². The number of nitrogens with zero attached hydrogens (tertiary/aromatic N) is 3. The molecule has 1 aromatic rings. The van der Waals surface area contributed by atoms with Crippen LogP contribution in [0.2, 0.25) is 0 Å². The first-order chi connectivity index (χ1) is 11.0. The minimum absolute atomic E-state index is 0.349. The molecule has 0 aliphatic carbocycles. The van der Waals surface area contributed by atoms with Crippen LogP contribution in [-0.4, -0.2) is 52.7 Å². The van der Waals surface area contributed by atoms with E-state index < -0.39 is 17.5 Å². The van der Waals surface area contributed by atoms with E-state index in [1.807, 2.05) is 25.7 Å². The largest absolute Gasteiger partial charge is 0.444 e. The summed E-state index contributed by atoms with van der Waals surface area (Å²) in [6.45, 7) is 8.17. The van der Waals surface area contributed by atoms with E-state index in [9.17, 15) is 18.0 Å². The van der Waals surface area contributed by atoms with Gasteiger partial charge >= 0.3 is 12.3 Å². The molecule has 0 atom stereocenters. The standard InChI is InChI=1S/C15H22F3N3O2S/c1-14(2,3)23-13(22)21-6-4-5-20(7-8-21)9-12-19-11(10-24-12)15(16,17)18/h10H,4-9H2,1-3H3. The van der Waals surface area contributed by atoms with Crippen LogP contribution >= 0.6 is 11.3 Å². The Bertz CT molecular complexity index is 569. The number of hydrogen-bond acceptors (Lipinski definition) is 5. The van der Waals surface area contributed by atoms with E-state index in [0.29, 0.717) is 37.7 Å². The Kier molecular flexibility index (Phi) is 5.74. The van der Waals surface area contributed by atoms with Crippen LogP contribution in [0.5, 0.6) is 0 Å². The summed E-state index contributed by atoms with van der Waals surface area (Å²) < 4.78 is 43.1. The molecule has 1 aromatic heterocycles. The van der Waals surface area contributed by atoms with Crippen molar-refractivity contribution in [2.75, 3.05) is 26.2 Å². The van der Waals surface area contributed by atoms with Crippen LogP contribution in [0.15, 0.2) is 5.38 Å². The Hall–Kier alpha value is -1.35. The smallest absolute Gasteiger partial charge is 0.434 e. The van der Waals surface area contributed by atoms with Gasteiger partial charge in [0.05, 0.1) is 6.54 Å². The summed E-state index contributed by atoms with van der Waals surface area (Å²) in [5.41, 5.74) is -1.38. The summed E-state index contributed by atoms with van der Waals surface area (Å²) >= 11 is 1.01. The second kappa shape index (κ2) is 7.26. The van der Waals surface area contributed by atoms with Crippen LogP contribution in [0.1, 0.15) is 37.9 Å². The molecule has 1 aliphatic rings. The first-order valence-corrected chi connectivity index (χ1v) is 8.64. The van der Waals surface area contributed by atoms with Gasteiger partial charge in [-0.2, -0.15) is 13.2 Å². The van der Waals surface area contributed by atoms with E-state index in [1.165, 1.54) is 0 Å². The third-order valence-corrected chi connectivity index (χ3v) is 4.27. The third-order valence-electron chi connectivity index (χ3n) is 3.44. The molecule has 2 rings (SSSR count). The molecular weight excluding hydrogens is 343 g/mol. The Morgan fingerprint density at radius 2 is 1.96 bits per heavy atom. The molecule has 9 heteroatoms. The van der Waals surface area contributed by atoms with Crippen LogP contribution in [-0.2, 0) is 17.5 Å². The number of carbonyl (C=O) groups excluding carboxylic acids is 1. The Morgan fingerprint density at radius 3 is 2.54 bits per heavy atom. The summed E-state index contributed by atoms with van der Waals surface area (Å²) in [5, 5.41) is 1.48. The van der Waals surface area contributed by atoms with Crippen molar-refractivity contribution in [3.8, 4) is 0 Å². The van der Waals surface area contributed by atoms with E-state index in [4.69, 9.17) is 4.74 Å². The fourth-order valence-electron chi connectivity index (χ4n) is 2.34. The zero-order chi connectivity index (χ0) is 18.0. The van der Waals surface area contributed by atoms with Gasteiger partial charge in [0.15, 0.2) is 5.69 Å². The maximum absolute atomic E-state index is 12.6. The molecule has 5 nitrogen and oxygen atoms in total. The average Bonchev–Trinajstić information content (AvgIpc) is 2.76. The Morgan fingerprint density at radius 1 is 1.25 bits per heavy atom. The van der Waals surface area contributed by atoms with Crippen molar-refractivity contribution in [1.82, 2.24) is 14.8 Å². The molecule has 0 unspecified atom stereocenters. The van der Waals surface area contributed by atoms with Crippen molar-refractivity contribution >= 4 is 17.4 Å². The number of alkyl halides is 3. The summed E-state index contributed by atoms with van der Waals surface area (Å²) in [6.07, 6.45) is -4.00. The van der Waals surface area contributed by atoms with E-state index in [1.54, 1.807) is 4.90 Å². The highest BCUT2D eigenvalue weighted by Crippen LogP contribution is 2.30. The van der Waals surface area contributed by atoms with Gasteiger partial charge in [-0.3, -0.25) is 4.90 Å². The number of carbonyl (C=O) groups is 1. The fraction of sp³-hybridized carbons (Fsp3) is 0.733. The highest BCUT2D eigenvalue weighted by atomic mass is 32.1.